The van der Waals surface area contributed by atoms with Crippen molar-refractivity contribution in [2.24, 2.45) is 11.3 Å². The molecule has 1 saturated heterocycles. The standard InChI is InChI=1S/C19H21NO5/c1-24-16-9-15(21)8-14-12-20(11-13-6-4-3-5-7-13)17(22)10-19(14,16)18(23)25-2/h3-7,9,14H,8,10-12H2,1-2H3/t14-,19-/m0/s1. The van der Waals surface area contributed by atoms with Crippen molar-refractivity contribution in [3.05, 3.63) is 47.7 Å². The van der Waals surface area contributed by atoms with Gasteiger partial charge in [0.05, 0.1) is 20.6 Å². The van der Waals surface area contributed by atoms with E-state index < -0.39 is 11.4 Å². The van der Waals surface area contributed by atoms with Gasteiger partial charge in [-0.2, -0.15) is 0 Å². The van der Waals surface area contributed by atoms with Gasteiger partial charge in [0.15, 0.2) is 5.78 Å². The van der Waals surface area contributed by atoms with Gasteiger partial charge in [-0.1, -0.05) is 30.3 Å². The maximum atomic E-state index is 12.8. The van der Waals surface area contributed by atoms with Gasteiger partial charge < -0.3 is 14.4 Å². The van der Waals surface area contributed by atoms with Gasteiger partial charge in [0, 0.05) is 31.5 Å². The minimum absolute atomic E-state index is 0.0515. The molecule has 6 nitrogen and oxygen atoms in total. The van der Waals surface area contributed by atoms with E-state index >= 15 is 0 Å². The fourth-order valence-corrected chi connectivity index (χ4v) is 3.84. The van der Waals surface area contributed by atoms with Crippen molar-refractivity contribution in [2.75, 3.05) is 20.8 Å². The summed E-state index contributed by atoms with van der Waals surface area (Å²) < 4.78 is 10.3. The predicted molar refractivity (Wildman–Crippen MR) is 89.1 cm³/mol. The summed E-state index contributed by atoms with van der Waals surface area (Å²) in [6.45, 7) is 0.767. The summed E-state index contributed by atoms with van der Waals surface area (Å²) in [4.78, 5) is 39.1. The Bertz CT molecular complexity index is 727. The first kappa shape index (κ1) is 17.2. The second kappa shape index (κ2) is 6.70. The topological polar surface area (TPSA) is 72.9 Å². The normalized spacial score (nSPS) is 25.9. The molecule has 1 fully saturated rings. The molecule has 1 amide bonds. The second-order valence-corrected chi connectivity index (χ2v) is 6.48. The highest BCUT2D eigenvalue weighted by Gasteiger charge is 2.58. The lowest BCUT2D eigenvalue weighted by Crippen LogP contribution is -2.57. The zero-order chi connectivity index (χ0) is 18.0. The molecule has 1 heterocycles. The number of ketones is 1. The third-order valence-electron chi connectivity index (χ3n) is 5.09. The molecule has 3 rings (SSSR count). The fraction of sp³-hybridized carbons (Fsp3) is 0.421. The lowest BCUT2D eigenvalue weighted by Gasteiger charge is -2.47. The molecule has 1 aromatic carbocycles. The van der Waals surface area contributed by atoms with Crippen molar-refractivity contribution >= 4 is 17.7 Å². The first-order valence-electron chi connectivity index (χ1n) is 8.20. The Morgan fingerprint density at radius 2 is 1.96 bits per heavy atom. The SMILES string of the molecule is COC(=O)[C@@]12CC(=O)N(Cc3ccccc3)C[C@@H]1CC(=O)C=C2OC. The van der Waals surface area contributed by atoms with Gasteiger partial charge in [0.25, 0.3) is 0 Å². The van der Waals surface area contributed by atoms with E-state index in [0.29, 0.717) is 13.1 Å². The first-order chi connectivity index (χ1) is 12.0. The van der Waals surface area contributed by atoms with Crippen LogP contribution < -0.4 is 0 Å². The Balaban J connectivity index is 1.93. The Labute approximate surface area is 146 Å². The van der Waals surface area contributed by atoms with Gasteiger partial charge in [-0.25, -0.2) is 0 Å². The number of carbonyl (C=O) groups is 3. The van der Waals surface area contributed by atoms with Crippen molar-refractivity contribution in [3.8, 4) is 0 Å². The number of carbonyl (C=O) groups excluding carboxylic acids is 3. The molecule has 25 heavy (non-hydrogen) atoms. The lowest BCUT2D eigenvalue weighted by atomic mass is 9.63. The Morgan fingerprint density at radius 1 is 1.24 bits per heavy atom. The highest BCUT2D eigenvalue weighted by molar-refractivity contribution is 5.98. The maximum absolute atomic E-state index is 12.8. The number of esters is 1. The molecule has 1 aliphatic heterocycles. The van der Waals surface area contributed by atoms with Gasteiger partial charge in [0.1, 0.15) is 11.2 Å². The number of ether oxygens (including phenoxy) is 2. The van der Waals surface area contributed by atoms with Crippen LogP contribution in [0.5, 0.6) is 0 Å². The van der Waals surface area contributed by atoms with Crippen LogP contribution in [0.25, 0.3) is 0 Å². The van der Waals surface area contributed by atoms with Crippen LogP contribution >= 0.6 is 0 Å². The van der Waals surface area contributed by atoms with Crippen molar-refractivity contribution in [1.82, 2.24) is 4.90 Å². The van der Waals surface area contributed by atoms with Crippen LogP contribution in [0.2, 0.25) is 0 Å². The molecule has 0 spiro atoms. The zero-order valence-electron chi connectivity index (χ0n) is 14.4. The van der Waals surface area contributed by atoms with E-state index in [0.717, 1.165) is 5.56 Å². The van der Waals surface area contributed by atoms with Crippen LogP contribution in [0.4, 0.5) is 0 Å². The Kier molecular flexibility index (Phi) is 4.61. The number of nitrogens with zero attached hydrogens (tertiary/aromatic N) is 1. The second-order valence-electron chi connectivity index (χ2n) is 6.48. The van der Waals surface area contributed by atoms with Gasteiger partial charge in [0.2, 0.25) is 5.91 Å². The number of allylic oxidation sites excluding steroid dienone is 1. The Morgan fingerprint density at radius 3 is 2.60 bits per heavy atom. The number of fused-ring (bicyclic) bond motifs is 1. The summed E-state index contributed by atoms with van der Waals surface area (Å²) in [5, 5.41) is 0. The van der Waals surface area contributed by atoms with Crippen molar-refractivity contribution < 1.29 is 23.9 Å². The average Bonchev–Trinajstić information content (AvgIpc) is 2.62. The number of hydrogen-bond acceptors (Lipinski definition) is 5. The number of amides is 1. The average molecular weight is 343 g/mol. The minimum Gasteiger partial charge on any atom is -0.500 e. The van der Waals surface area contributed by atoms with E-state index in [9.17, 15) is 14.4 Å². The third kappa shape index (κ3) is 2.92. The quantitative estimate of drug-likeness (QED) is 0.778. The van der Waals surface area contributed by atoms with E-state index in [1.165, 1.54) is 20.3 Å². The highest BCUT2D eigenvalue weighted by Crippen LogP contribution is 2.49. The van der Waals surface area contributed by atoms with E-state index in [-0.39, 0.29) is 36.2 Å². The van der Waals surface area contributed by atoms with Crippen LogP contribution in [0.1, 0.15) is 18.4 Å². The summed E-state index contributed by atoms with van der Waals surface area (Å²) >= 11 is 0. The predicted octanol–water partition coefficient (Wildman–Crippen LogP) is 1.70. The lowest BCUT2D eigenvalue weighted by molar-refractivity contribution is -0.168. The van der Waals surface area contributed by atoms with E-state index in [1.54, 1.807) is 4.90 Å². The number of hydrogen-bond donors (Lipinski definition) is 0. The molecule has 0 aromatic heterocycles. The van der Waals surface area contributed by atoms with Gasteiger partial charge in [-0.15, -0.1) is 0 Å². The van der Waals surface area contributed by atoms with Gasteiger partial charge in [-0.05, 0) is 5.56 Å². The smallest absolute Gasteiger partial charge is 0.320 e. The number of benzene rings is 1. The summed E-state index contributed by atoms with van der Waals surface area (Å²) in [6.07, 6.45) is 1.47. The van der Waals surface area contributed by atoms with Crippen LogP contribution in [-0.4, -0.2) is 43.3 Å². The summed E-state index contributed by atoms with van der Waals surface area (Å²) in [5.74, 6) is -0.897. The van der Waals surface area contributed by atoms with E-state index in [1.807, 2.05) is 30.3 Å². The molecular formula is C19H21NO5. The summed E-state index contributed by atoms with van der Waals surface area (Å²) in [6, 6.07) is 9.64. The van der Waals surface area contributed by atoms with Gasteiger partial charge >= 0.3 is 5.97 Å². The van der Waals surface area contributed by atoms with Crippen molar-refractivity contribution in [3.63, 3.8) is 0 Å². The van der Waals surface area contributed by atoms with E-state index in [2.05, 4.69) is 0 Å². The summed E-state index contributed by atoms with van der Waals surface area (Å²) in [5.41, 5.74) is -0.201. The molecule has 6 heteroatoms. The molecule has 2 aliphatic rings. The highest BCUT2D eigenvalue weighted by atomic mass is 16.5. The number of rotatable bonds is 4. The van der Waals surface area contributed by atoms with Crippen molar-refractivity contribution in [1.29, 1.82) is 0 Å². The molecule has 132 valence electrons. The van der Waals surface area contributed by atoms with Crippen LogP contribution in [0.3, 0.4) is 0 Å². The molecule has 1 aliphatic carbocycles. The molecule has 0 unspecified atom stereocenters. The zero-order valence-corrected chi connectivity index (χ0v) is 14.4. The molecule has 0 radical (unpaired) electrons. The molecule has 0 bridgehead atoms. The molecule has 2 atom stereocenters. The van der Waals surface area contributed by atoms with E-state index in [4.69, 9.17) is 9.47 Å². The van der Waals surface area contributed by atoms with Crippen LogP contribution in [0.15, 0.2) is 42.2 Å². The largest absolute Gasteiger partial charge is 0.500 e. The molecule has 0 N–H and O–H groups in total. The maximum Gasteiger partial charge on any atom is 0.320 e. The van der Waals surface area contributed by atoms with Crippen LogP contribution in [0, 0.1) is 11.3 Å². The summed E-state index contributed by atoms with van der Waals surface area (Å²) in [7, 11) is 2.70. The molecule has 0 saturated carbocycles. The molecule has 1 aromatic rings. The number of methoxy groups -OCH3 is 2. The van der Waals surface area contributed by atoms with Crippen molar-refractivity contribution in [2.45, 2.75) is 19.4 Å². The van der Waals surface area contributed by atoms with Crippen LogP contribution in [-0.2, 0) is 30.4 Å². The number of piperidine rings is 1. The monoisotopic (exact) mass is 343 g/mol. The first-order valence-corrected chi connectivity index (χ1v) is 8.20. The third-order valence-corrected chi connectivity index (χ3v) is 5.09. The fourth-order valence-electron chi connectivity index (χ4n) is 3.84. The minimum atomic E-state index is -1.21. The number of likely N-dealkylation sites (tertiary alicyclic amines) is 1. The Hall–Kier alpha value is -2.63. The molecular weight excluding hydrogens is 322 g/mol. The van der Waals surface area contributed by atoms with Gasteiger partial charge in [-0.3, -0.25) is 14.4 Å².